The number of nitrogens with zero attached hydrogens (tertiary/aromatic N) is 3. The molecule has 0 amide bonds. The number of benzene rings is 9. The second-order valence-electron chi connectivity index (χ2n) is 15.4. The van der Waals surface area contributed by atoms with E-state index in [2.05, 4.69) is 42.5 Å². The molecule has 4 heterocycles. The molecule has 0 fully saturated rings. The van der Waals surface area contributed by atoms with Crippen LogP contribution in [-0.2, 0) is 0 Å². The lowest BCUT2D eigenvalue weighted by atomic mass is 9.95. The van der Waals surface area contributed by atoms with Crippen molar-refractivity contribution in [2.75, 3.05) is 0 Å². The minimum absolute atomic E-state index is 0.0495. The molecule has 0 atom stereocenters. The summed E-state index contributed by atoms with van der Waals surface area (Å²) in [6.07, 6.45) is 0. The Hall–Kier alpha value is -7.77. The molecule has 0 aliphatic rings. The summed E-state index contributed by atoms with van der Waals surface area (Å²) in [4.78, 5) is 14.9. The van der Waals surface area contributed by atoms with Gasteiger partial charge in [0.05, 0.1) is 8.22 Å². The lowest BCUT2D eigenvalue weighted by Crippen LogP contribution is -2.00. The smallest absolute Gasteiger partial charge is 0.164 e. The van der Waals surface area contributed by atoms with Gasteiger partial charge in [0.1, 0.15) is 11.2 Å². The Balaban J connectivity index is 1.01. The van der Waals surface area contributed by atoms with Crippen LogP contribution < -0.4 is 0 Å². The van der Waals surface area contributed by atoms with Crippen molar-refractivity contribution in [1.29, 1.82) is 0 Å². The number of para-hydroxylation sites is 2. The average molecular weight is 846 g/mol. The van der Waals surface area contributed by atoms with Crippen molar-refractivity contribution < 1.29 is 12.6 Å². The number of aromatic nitrogens is 3. The Labute approximate surface area is 378 Å². The van der Waals surface area contributed by atoms with Gasteiger partial charge in [0, 0.05) is 78.9 Å². The van der Waals surface area contributed by atoms with Gasteiger partial charge >= 0.3 is 0 Å². The first-order valence-corrected chi connectivity index (χ1v) is 22.2. The van der Waals surface area contributed by atoms with Gasteiger partial charge < -0.3 is 4.42 Å². The first-order chi connectivity index (χ1) is 33.7. The molecule has 0 saturated carbocycles. The van der Waals surface area contributed by atoms with E-state index in [1.54, 1.807) is 11.3 Å². The summed E-state index contributed by atoms with van der Waals surface area (Å²) in [7, 11) is 0. The zero-order valence-corrected chi connectivity index (χ0v) is 34.8. The minimum atomic E-state index is -0.262. The number of hydrogen-bond donors (Lipinski definition) is 0. The first-order valence-electron chi connectivity index (χ1n) is 23.5. The molecule has 0 unspecified atom stereocenters. The maximum Gasteiger partial charge on any atom is 0.164 e. The van der Waals surface area contributed by atoms with E-state index < -0.39 is 0 Å². The molecular weight excluding hydrogens is 807 g/mol. The zero-order chi connectivity index (χ0) is 46.7. The van der Waals surface area contributed by atoms with Crippen LogP contribution in [0.2, 0.25) is 0 Å². The predicted octanol–water partition coefficient (Wildman–Crippen LogP) is 16.5. The Bertz CT molecular complexity index is 4280. The number of thiophene rings is 2. The van der Waals surface area contributed by atoms with Gasteiger partial charge in [-0.15, -0.1) is 22.7 Å². The lowest BCUT2D eigenvalue weighted by Gasteiger charge is -2.10. The topological polar surface area (TPSA) is 51.8 Å². The Morgan fingerprint density at radius 1 is 0.365 bits per heavy atom. The summed E-state index contributed by atoms with van der Waals surface area (Å²) in [5, 5.41) is 4.66. The molecule has 0 spiro atoms. The van der Waals surface area contributed by atoms with Gasteiger partial charge in [-0.05, 0) is 52.5 Å². The number of fused-ring (bicyclic) bond motifs is 9. The minimum Gasteiger partial charge on any atom is -0.455 e. The summed E-state index contributed by atoms with van der Waals surface area (Å²) in [5.74, 6) is 0.707. The van der Waals surface area contributed by atoms with Crippen molar-refractivity contribution in [2.45, 2.75) is 0 Å². The molecule has 9 aromatic carbocycles. The second-order valence-corrected chi connectivity index (χ2v) is 17.5. The summed E-state index contributed by atoms with van der Waals surface area (Å²) in [5.41, 5.74) is 7.94. The highest BCUT2D eigenvalue weighted by Crippen LogP contribution is 2.46. The maximum atomic E-state index is 9.85. The second kappa shape index (κ2) is 14.4. The molecule has 4 nitrogen and oxygen atoms in total. The SMILES string of the molecule is [2H]c1c([2H])c(-c2cccc3sc4ccccc4c23)c2c(sc3c([2H])c(-c4nc(-c5ccccc5)nc(-c5cccc(-c6cccc7c6oc6c(-c8ccccc8)cccc67)c5)n4)c([2H])c([2H])c32)c1[2H]. The molecule has 4 aromatic heterocycles. The molecule has 0 radical (unpaired) electrons. The van der Waals surface area contributed by atoms with Crippen LogP contribution in [0.15, 0.2) is 204 Å². The van der Waals surface area contributed by atoms with E-state index in [9.17, 15) is 5.48 Å². The van der Waals surface area contributed by atoms with Gasteiger partial charge in [-0.2, -0.15) is 0 Å². The maximum absolute atomic E-state index is 9.85. The Morgan fingerprint density at radius 2 is 0.921 bits per heavy atom. The quantitative estimate of drug-likeness (QED) is 0.167. The normalized spacial score (nSPS) is 13.1. The molecule has 13 rings (SSSR count). The van der Waals surface area contributed by atoms with E-state index in [0.29, 0.717) is 54.1 Å². The van der Waals surface area contributed by atoms with Crippen LogP contribution in [0, 0.1) is 0 Å². The number of rotatable bonds is 6. The fourth-order valence-corrected chi connectivity index (χ4v) is 10.9. The fraction of sp³-hybridized carbons (Fsp3) is 0. The van der Waals surface area contributed by atoms with E-state index in [4.69, 9.17) is 22.1 Å². The van der Waals surface area contributed by atoms with Gasteiger partial charge in [-0.1, -0.05) is 170 Å². The largest absolute Gasteiger partial charge is 0.455 e. The van der Waals surface area contributed by atoms with Gasteiger partial charge in [0.15, 0.2) is 17.5 Å². The van der Waals surface area contributed by atoms with Gasteiger partial charge in [-0.25, -0.2) is 15.0 Å². The third-order valence-corrected chi connectivity index (χ3v) is 13.8. The molecule has 0 bridgehead atoms. The van der Waals surface area contributed by atoms with Crippen molar-refractivity contribution >= 4 is 85.0 Å². The van der Waals surface area contributed by atoms with Crippen LogP contribution in [0.4, 0.5) is 0 Å². The first kappa shape index (κ1) is 30.3. The number of hydrogen-bond acceptors (Lipinski definition) is 6. The molecule has 0 saturated heterocycles. The third-order valence-electron chi connectivity index (χ3n) is 11.7. The van der Waals surface area contributed by atoms with Crippen molar-refractivity contribution in [3.63, 3.8) is 0 Å². The van der Waals surface area contributed by atoms with Crippen LogP contribution >= 0.6 is 22.7 Å². The summed E-state index contributed by atoms with van der Waals surface area (Å²) in [6, 6.07) is 52.9. The highest BCUT2D eigenvalue weighted by molar-refractivity contribution is 7.26. The van der Waals surface area contributed by atoms with Gasteiger partial charge in [0.25, 0.3) is 0 Å². The van der Waals surface area contributed by atoms with E-state index in [1.807, 2.05) is 121 Å². The van der Waals surface area contributed by atoms with Gasteiger partial charge in [-0.3, -0.25) is 0 Å². The lowest BCUT2D eigenvalue weighted by molar-refractivity contribution is 0.671. The van der Waals surface area contributed by atoms with Crippen LogP contribution in [-0.4, -0.2) is 15.0 Å². The molecule has 0 N–H and O–H groups in total. The van der Waals surface area contributed by atoms with Crippen molar-refractivity contribution in [2.24, 2.45) is 0 Å². The highest BCUT2D eigenvalue weighted by Gasteiger charge is 2.20. The van der Waals surface area contributed by atoms with Crippen molar-refractivity contribution in [3.05, 3.63) is 200 Å². The monoisotopic (exact) mass is 845 g/mol. The zero-order valence-electron chi connectivity index (χ0n) is 39.2. The molecule has 0 aliphatic carbocycles. The Kier molecular flexibility index (Phi) is 6.93. The Morgan fingerprint density at radius 3 is 1.71 bits per heavy atom. The summed E-state index contributed by atoms with van der Waals surface area (Å²) >= 11 is 2.77. The molecule has 294 valence electrons. The highest BCUT2D eigenvalue weighted by atomic mass is 32.1. The molecule has 6 heteroatoms. The van der Waals surface area contributed by atoms with Crippen LogP contribution in [0.1, 0.15) is 8.22 Å². The fourth-order valence-electron chi connectivity index (χ4n) is 8.80. The van der Waals surface area contributed by atoms with E-state index in [0.717, 1.165) is 75.7 Å². The number of furan rings is 1. The van der Waals surface area contributed by atoms with E-state index >= 15 is 0 Å². The summed E-state index contributed by atoms with van der Waals surface area (Å²) in [6.45, 7) is 0. The molecule has 0 aliphatic heterocycles. The van der Waals surface area contributed by atoms with E-state index in [1.165, 1.54) is 0 Å². The van der Waals surface area contributed by atoms with E-state index in [-0.39, 0.29) is 47.6 Å². The summed E-state index contributed by atoms with van der Waals surface area (Å²) < 4.78 is 66.3. The molecule has 63 heavy (non-hydrogen) atoms. The van der Waals surface area contributed by atoms with Crippen molar-refractivity contribution in [3.8, 4) is 67.5 Å². The van der Waals surface area contributed by atoms with Crippen molar-refractivity contribution in [1.82, 2.24) is 15.0 Å². The predicted molar refractivity (Wildman–Crippen MR) is 265 cm³/mol. The standard InChI is InChI=1S/C57H33N3OS2/c1-3-14-34(15-4-1)39-21-10-25-43-44-26-11-22-40(54(44)61-53(39)43)36-18-9-19-37(32-36)56-58-55(35-16-5-2-6-17-35)59-57(60-56)38-30-31-46-50(33-38)63-49-29-13-24-42(52(46)49)41-23-12-28-48-51(41)45-20-7-8-27-47(45)62-48/h1-33H/i13D,24D,29D,30D,31D,33D. The average Bonchev–Trinajstić information content (AvgIpc) is 4.11. The molecule has 13 aromatic rings. The molecular formula is C57H33N3OS2. The van der Waals surface area contributed by atoms with Crippen LogP contribution in [0.5, 0.6) is 0 Å². The van der Waals surface area contributed by atoms with Crippen LogP contribution in [0.25, 0.3) is 130 Å². The third kappa shape index (κ3) is 5.91. The van der Waals surface area contributed by atoms with Gasteiger partial charge in [0.2, 0.25) is 0 Å². The van der Waals surface area contributed by atoms with Crippen LogP contribution in [0.3, 0.4) is 0 Å².